The van der Waals surface area contributed by atoms with Crippen LogP contribution in [0.15, 0.2) is 18.3 Å². The molecule has 0 bridgehead atoms. The van der Waals surface area contributed by atoms with Crippen LogP contribution in [0, 0.1) is 0 Å². The van der Waals surface area contributed by atoms with E-state index in [1.165, 1.54) is 0 Å². The van der Waals surface area contributed by atoms with E-state index >= 15 is 0 Å². The standard InChI is InChI=1S/C12H21N3O/c1-4-8-15(12(16)13-5-2)10-11-7-6-9-14(11)3/h6-7,9H,4-5,8,10H2,1-3H3,(H,13,16). The van der Waals surface area contributed by atoms with Crippen molar-refractivity contribution in [2.75, 3.05) is 13.1 Å². The zero-order chi connectivity index (χ0) is 12.0. The molecule has 4 heteroatoms. The molecule has 0 aromatic carbocycles. The van der Waals surface area contributed by atoms with Crippen LogP contribution < -0.4 is 5.32 Å². The minimum absolute atomic E-state index is 0.0190. The molecule has 1 aromatic heterocycles. The fourth-order valence-corrected chi connectivity index (χ4v) is 1.64. The Morgan fingerprint density at radius 3 is 2.75 bits per heavy atom. The molecule has 0 unspecified atom stereocenters. The van der Waals surface area contributed by atoms with Gasteiger partial charge in [-0.25, -0.2) is 4.79 Å². The van der Waals surface area contributed by atoms with Crippen LogP contribution in [0.4, 0.5) is 4.79 Å². The maximum Gasteiger partial charge on any atom is 0.317 e. The molecule has 0 saturated heterocycles. The molecule has 1 N–H and O–H groups in total. The minimum Gasteiger partial charge on any atom is -0.353 e. The van der Waals surface area contributed by atoms with Crippen molar-refractivity contribution in [3.05, 3.63) is 24.0 Å². The van der Waals surface area contributed by atoms with E-state index in [-0.39, 0.29) is 6.03 Å². The van der Waals surface area contributed by atoms with Gasteiger partial charge in [0.25, 0.3) is 0 Å². The Bertz CT molecular complexity index is 333. The Kier molecular flexibility index (Phi) is 4.89. The molecular weight excluding hydrogens is 202 g/mol. The third kappa shape index (κ3) is 3.29. The van der Waals surface area contributed by atoms with E-state index in [1.54, 1.807) is 0 Å². The number of amides is 2. The summed E-state index contributed by atoms with van der Waals surface area (Å²) in [5.41, 5.74) is 1.15. The van der Waals surface area contributed by atoms with Gasteiger partial charge in [0.15, 0.2) is 0 Å². The summed E-state index contributed by atoms with van der Waals surface area (Å²) in [5.74, 6) is 0. The van der Waals surface area contributed by atoms with Crippen molar-refractivity contribution in [3.8, 4) is 0 Å². The molecule has 0 atom stereocenters. The van der Waals surface area contributed by atoms with E-state index in [1.807, 2.05) is 41.8 Å². The number of carbonyl (C=O) groups excluding carboxylic acids is 1. The number of nitrogens with zero attached hydrogens (tertiary/aromatic N) is 2. The minimum atomic E-state index is 0.0190. The number of hydrogen-bond acceptors (Lipinski definition) is 1. The highest BCUT2D eigenvalue weighted by Gasteiger charge is 2.12. The maximum absolute atomic E-state index is 11.8. The van der Waals surface area contributed by atoms with Crippen molar-refractivity contribution in [1.82, 2.24) is 14.8 Å². The van der Waals surface area contributed by atoms with Crippen LogP contribution in [0.1, 0.15) is 26.0 Å². The lowest BCUT2D eigenvalue weighted by molar-refractivity contribution is 0.194. The van der Waals surface area contributed by atoms with E-state index in [9.17, 15) is 4.79 Å². The highest BCUT2D eigenvalue weighted by molar-refractivity contribution is 5.74. The first-order chi connectivity index (χ1) is 7.69. The summed E-state index contributed by atoms with van der Waals surface area (Å²) >= 11 is 0. The predicted molar refractivity (Wildman–Crippen MR) is 65.2 cm³/mol. The van der Waals surface area contributed by atoms with Crippen molar-refractivity contribution in [2.45, 2.75) is 26.8 Å². The zero-order valence-corrected chi connectivity index (χ0v) is 10.4. The van der Waals surface area contributed by atoms with Crippen molar-refractivity contribution < 1.29 is 4.79 Å². The van der Waals surface area contributed by atoms with Gasteiger partial charge in [0.2, 0.25) is 0 Å². The van der Waals surface area contributed by atoms with Gasteiger partial charge in [-0.05, 0) is 25.5 Å². The molecule has 0 aliphatic rings. The molecule has 90 valence electrons. The van der Waals surface area contributed by atoms with Gasteiger partial charge in [0, 0.05) is 32.0 Å². The molecule has 2 amide bonds. The first-order valence-corrected chi connectivity index (χ1v) is 5.82. The summed E-state index contributed by atoms with van der Waals surface area (Å²) in [6.07, 6.45) is 2.97. The van der Waals surface area contributed by atoms with Crippen LogP contribution in [-0.2, 0) is 13.6 Å². The second-order valence-corrected chi connectivity index (χ2v) is 3.87. The molecule has 0 aliphatic heterocycles. The number of nitrogens with one attached hydrogen (secondary N) is 1. The van der Waals surface area contributed by atoms with Crippen LogP contribution in [0.5, 0.6) is 0 Å². The molecule has 0 aliphatic carbocycles. The largest absolute Gasteiger partial charge is 0.353 e. The first kappa shape index (κ1) is 12.6. The summed E-state index contributed by atoms with van der Waals surface area (Å²) in [7, 11) is 2.00. The first-order valence-electron chi connectivity index (χ1n) is 5.82. The topological polar surface area (TPSA) is 37.3 Å². The predicted octanol–water partition coefficient (Wildman–Crippen LogP) is 1.97. The van der Waals surface area contributed by atoms with E-state index in [4.69, 9.17) is 0 Å². The Morgan fingerprint density at radius 1 is 1.50 bits per heavy atom. The SMILES string of the molecule is CCCN(Cc1cccn1C)C(=O)NCC. The average Bonchev–Trinajstić information content (AvgIpc) is 2.64. The monoisotopic (exact) mass is 223 g/mol. The van der Waals surface area contributed by atoms with E-state index in [0.29, 0.717) is 13.1 Å². The molecule has 0 radical (unpaired) electrons. The van der Waals surface area contributed by atoms with Crippen molar-refractivity contribution in [2.24, 2.45) is 7.05 Å². The number of aromatic nitrogens is 1. The van der Waals surface area contributed by atoms with E-state index in [2.05, 4.69) is 12.2 Å². The Hall–Kier alpha value is -1.45. The number of hydrogen-bond donors (Lipinski definition) is 1. The van der Waals surface area contributed by atoms with Crippen LogP contribution >= 0.6 is 0 Å². The molecule has 0 fully saturated rings. The Balaban J connectivity index is 2.64. The summed E-state index contributed by atoms with van der Waals surface area (Å²) in [5, 5.41) is 2.84. The molecule has 0 spiro atoms. The average molecular weight is 223 g/mol. The van der Waals surface area contributed by atoms with Gasteiger partial charge >= 0.3 is 6.03 Å². The lowest BCUT2D eigenvalue weighted by atomic mass is 10.3. The van der Waals surface area contributed by atoms with Crippen LogP contribution in [-0.4, -0.2) is 28.6 Å². The molecule has 1 aromatic rings. The molecule has 1 heterocycles. The number of aryl methyl sites for hydroxylation is 1. The lowest BCUT2D eigenvalue weighted by Gasteiger charge is -2.22. The van der Waals surface area contributed by atoms with E-state index in [0.717, 1.165) is 18.7 Å². The summed E-state index contributed by atoms with van der Waals surface area (Å²) in [4.78, 5) is 13.6. The third-order valence-corrected chi connectivity index (χ3v) is 2.51. The number of urea groups is 1. The number of carbonyl (C=O) groups is 1. The molecule has 4 nitrogen and oxygen atoms in total. The van der Waals surface area contributed by atoms with Crippen molar-refractivity contribution in [3.63, 3.8) is 0 Å². The summed E-state index contributed by atoms with van der Waals surface area (Å²) in [6.45, 7) is 6.15. The fraction of sp³-hybridized carbons (Fsp3) is 0.583. The van der Waals surface area contributed by atoms with Gasteiger partial charge in [0.1, 0.15) is 0 Å². The van der Waals surface area contributed by atoms with Crippen molar-refractivity contribution >= 4 is 6.03 Å². The molecule has 16 heavy (non-hydrogen) atoms. The summed E-state index contributed by atoms with van der Waals surface area (Å²) in [6, 6.07) is 4.06. The second kappa shape index (κ2) is 6.20. The van der Waals surface area contributed by atoms with Crippen LogP contribution in [0.25, 0.3) is 0 Å². The Labute approximate surface area is 97.2 Å². The van der Waals surface area contributed by atoms with Gasteiger partial charge in [0.05, 0.1) is 6.54 Å². The van der Waals surface area contributed by atoms with Crippen molar-refractivity contribution in [1.29, 1.82) is 0 Å². The Morgan fingerprint density at radius 2 is 2.25 bits per heavy atom. The van der Waals surface area contributed by atoms with Gasteiger partial charge < -0.3 is 14.8 Å². The molecule has 1 rings (SSSR count). The highest BCUT2D eigenvalue weighted by atomic mass is 16.2. The van der Waals surface area contributed by atoms with E-state index < -0.39 is 0 Å². The van der Waals surface area contributed by atoms with Gasteiger partial charge in [-0.3, -0.25) is 0 Å². The number of rotatable bonds is 5. The van der Waals surface area contributed by atoms with Gasteiger partial charge in [-0.2, -0.15) is 0 Å². The normalized spacial score (nSPS) is 10.2. The van der Waals surface area contributed by atoms with Gasteiger partial charge in [-0.15, -0.1) is 0 Å². The molecular formula is C12H21N3O. The second-order valence-electron chi connectivity index (χ2n) is 3.87. The smallest absolute Gasteiger partial charge is 0.317 e. The fourth-order valence-electron chi connectivity index (χ4n) is 1.64. The zero-order valence-electron chi connectivity index (χ0n) is 10.4. The lowest BCUT2D eigenvalue weighted by Crippen LogP contribution is -2.40. The molecule has 0 saturated carbocycles. The highest BCUT2D eigenvalue weighted by Crippen LogP contribution is 2.05. The maximum atomic E-state index is 11.8. The van der Waals surface area contributed by atoms with Gasteiger partial charge in [-0.1, -0.05) is 6.92 Å². The van der Waals surface area contributed by atoms with Crippen LogP contribution in [0.3, 0.4) is 0 Å². The van der Waals surface area contributed by atoms with Crippen LogP contribution in [0.2, 0.25) is 0 Å². The quantitative estimate of drug-likeness (QED) is 0.814. The third-order valence-electron chi connectivity index (χ3n) is 2.51. The summed E-state index contributed by atoms with van der Waals surface area (Å²) < 4.78 is 2.04.